The van der Waals surface area contributed by atoms with Crippen LogP contribution in [0, 0.1) is 5.82 Å². The average molecular weight is 396 g/mol. The Bertz CT molecular complexity index is 738. The maximum atomic E-state index is 13.5. The van der Waals surface area contributed by atoms with Crippen LogP contribution in [-0.2, 0) is 6.54 Å². The highest BCUT2D eigenvalue weighted by atomic mass is 79.9. The van der Waals surface area contributed by atoms with E-state index in [1.54, 1.807) is 33.4 Å². The van der Waals surface area contributed by atoms with E-state index < -0.39 is 0 Å². The van der Waals surface area contributed by atoms with Crippen LogP contribution in [0.4, 0.5) is 10.1 Å². The van der Waals surface area contributed by atoms with E-state index in [1.165, 1.54) is 6.07 Å². The summed E-state index contributed by atoms with van der Waals surface area (Å²) >= 11 is 3.14. The number of nitrogens with zero attached hydrogens (tertiary/aromatic N) is 1. The monoisotopic (exact) mass is 395 g/mol. The molecule has 2 rings (SSSR count). The molecule has 0 bridgehead atoms. The predicted octanol–water partition coefficient (Wildman–Crippen LogP) is 3.79. The quantitative estimate of drug-likeness (QED) is 0.597. The lowest BCUT2D eigenvalue weighted by Gasteiger charge is -2.14. The first kappa shape index (κ1) is 18.1. The molecule has 0 atom stereocenters. The number of hydrogen-bond acceptors (Lipinski definition) is 3. The Kier molecular flexibility index (Phi) is 6.43. The van der Waals surface area contributed by atoms with Gasteiger partial charge >= 0.3 is 0 Å². The highest BCUT2D eigenvalue weighted by Gasteiger charge is 2.07. The summed E-state index contributed by atoms with van der Waals surface area (Å²) in [7, 11) is 4.83. The van der Waals surface area contributed by atoms with Crippen LogP contribution in [0.15, 0.2) is 45.9 Å². The van der Waals surface area contributed by atoms with E-state index in [-0.39, 0.29) is 5.82 Å². The molecule has 128 valence electrons. The first-order chi connectivity index (χ1) is 11.6. The number of methoxy groups -OCH3 is 2. The van der Waals surface area contributed by atoms with Gasteiger partial charge in [0.05, 0.1) is 18.7 Å². The van der Waals surface area contributed by atoms with Gasteiger partial charge in [-0.3, -0.25) is 4.99 Å². The number of ether oxygens (including phenoxy) is 2. The van der Waals surface area contributed by atoms with E-state index in [0.717, 1.165) is 11.3 Å². The number of nitrogens with one attached hydrogen (secondary N) is 2. The van der Waals surface area contributed by atoms with Gasteiger partial charge in [-0.05, 0) is 45.8 Å². The Morgan fingerprint density at radius 2 is 1.88 bits per heavy atom. The number of hydrogen-bond donors (Lipinski definition) is 2. The number of halogens is 2. The molecule has 24 heavy (non-hydrogen) atoms. The fourth-order valence-corrected chi connectivity index (χ4v) is 2.31. The van der Waals surface area contributed by atoms with Crippen LogP contribution in [0.3, 0.4) is 0 Å². The molecule has 0 aliphatic rings. The molecule has 0 aromatic heterocycles. The summed E-state index contributed by atoms with van der Waals surface area (Å²) < 4.78 is 24.5. The van der Waals surface area contributed by atoms with Crippen molar-refractivity contribution in [2.45, 2.75) is 6.54 Å². The third kappa shape index (κ3) is 4.61. The minimum Gasteiger partial charge on any atom is -0.493 e. The van der Waals surface area contributed by atoms with Gasteiger partial charge in [0.25, 0.3) is 0 Å². The summed E-state index contributed by atoms with van der Waals surface area (Å²) in [6, 6.07) is 10.5. The van der Waals surface area contributed by atoms with Gasteiger partial charge in [0.2, 0.25) is 0 Å². The second-order valence-corrected chi connectivity index (χ2v) is 5.72. The van der Waals surface area contributed by atoms with E-state index >= 15 is 0 Å². The molecular weight excluding hydrogens is 377 g/mol. The molecule has 0 aliphatic carbocycles. The lowest BCUT2D eigenvalue weighted by atomic mass is 10.2. The van der Waals surface area contributed by atoms with Crippen LogP contribution in [0.5, 0.6) is 11.5 Å². The van der Waals surface area contributed by atoms with Gasteiger partial charge in [-0.15, -0.1) is 0 Å². The van der Waals surface area contributed by atoms with E-state index in [4.69, 9.17) is 9.47 Å². The molecule has 0 saturated heterocycles. The van der Waals surface area contributed by atoms with Gasteiger partial charge in [-0.2, -0.15) is 0 Å². The molecule has 2 N–H and O–H groups in total. The fraction of sp³-hybridized carbons (Fsp3) is 0.235. The van der Waals surface area contributed by atoms with Crippen molar-refractivity contribution in [2.75, 3.05) is 26.6 Å². The molecule has 7 heteroatoms. The van der Waals surface area contributed by atoms with Gasteiger partial charge in [-0.25, -0.2) is 4.39 Å². The molecule has 0 heterocycles. The highest BCUT2D eigenvalue weighted by molar-refractivity contribution is 9.10. The molecule has 2 aromatic carbocycles. The van der Waals surface area contributed by atoms with Crippen molar-refractivity contribution in [1.82, 2.24) is 5.32 Å². The van der Waals surface area contributed by atoms with Crippen molar-refractivity contribution in [1.29, 1.82) is 0 Å². The normalized spacial score (nSPS) is 11.1. The molecule has 0 saturated carbocycles. The van der Waals surface area contributed by atoms with Gasteiger partial charge in [0, 0.05) is 25.3 Å². The topological polar surface area (TPSA) is 54.9 Å². The van der Waals surface area contributed by atoms with E-state index in [2.05, 4.69) is 31.6 Å². The molecule has 0 aliphatic heterocycles. The summed E-state index contributed by atoms with van der Waals surface area (Å²) in [6.07, 6.45) is 0. The van der Waals surface area contributed by atoms with Crippen LogP contribution >= 0.6 is 15.9 Å². The van der Waals surface area contributed by atoms with Crippen molar-refractivity contribution in [3.63, 3.8) is 0 Å². The summed E-state index contributed by atoms with van der Waals surface area (Å²) in [5, 5.41) is 6.28. The van der Waals surface area contributed by atoms with E-state index in [0.29, 0.717) is 28.5 Å². The summed E-state index contributed by atoms with van der Waals surface area (Å²) in [5.74, 6) is 1.53. The molecule has 0 fully saturated rings. The van der Waals surface area contributed by atoms with Crippen molar-refractivity contribution in [2.24, 2.45) is 4.99 Å². The molecule has 0 amide bonds. The SMILES string of the molecule is CN=C(NCc1ccc(Br)c(F)c1)Nc1ccc(OC)c(OC)c1. The molecule has 0 unspecified atom stereocenters. The minimum atomic E-state index is -0.294. The van der Waals surface area contributed by atoms with Crippen LogP contribution in [0.1, 0.15) is 5.56 Å². The average Bonchev–Trinajstić information content (AvgIpc) is 2.61. The predicted molar refractivity (Wildman–Crippen MR) is 97.5 cm³/mol. The Morgan fingerprint density at radius 3 is 2.50 bits per heavy atom. The Morgan fingerprint density at radius 1 is 1.12 bits per heavy atom. The standard InChI is InChI=1S/C17H19BrFN3O2/c1-20-17(21-10-11-4-6-13(18)14(19)8-11)22-12-5-7-15(23-2)16(9-12)24-3/h4-9H,10H2,1-3H3,(H2,20,21,22). The van der Waals surface area contributed by atoms with Crippen molar-refractivity contribution >= 4 is 27.6 Å². The highest BCUT2D eigenvalue weighted by Crippen LogP contribution is 2.29. The number of guanidine groups is 1. The number of anilines is 1. The molecular formula is C17H19BrFN3O2. The smallest absolute Gasteiger partial charge is 0.195 e. The molecule has 5 nitrogen and oxygen atoms in total. The van der Waals surface area contributed by atoms with Gasteiger partial charge < -0.3 is 20.1 Å². The molecule has 0 spiro atoms. The lowest BCUT2D eigenvalue weighted by Crippen LogP contribution is -2.30. The Labute approximate surface area is 149 Å². The zero-order chi connectivity index (χ0) is 17.5. The zero-order valence-electron chi connectivity index (χ0n) is 13.7. The van der Waals surface area contributed by atoms with E-state index in [9.17, 15) is 4.39 Å². The molecule has 0 radical (unpaired) electrons. The second kappa shape index (κ2) is 8.54. The number of rotatable bonds is 5. The summed E-state index contributed by atoms with van der Waals surface area (Å²) in [6.45, 7) is 0.442. The largest absolute Gasteiger partial charge is 0.493 e. The van der Waals surface area contributed by atoms with Crippen LogP contribution in [0.25, 0.3) is 0 Å². The van der Waals surface area contributed by atoms with Crippen molar-refractivity contribution in [3.8, 4) is 11.5 Å². The third-order valence-electron chi connectivity index (χ3n) is 3.31. The minimum absolute atomic E-state index is 0.294. The van der Waals surface area contributed by atoms with E-state index in [1.807, 2.05) is 18.2 Å². The van der Waals surface area contributed by atoms with Gasteiger partial charge in [0.15, 0.2) is 17.5 Å². The second-order valence-electron chi connectivity index (χ2n) is 4.87. The third-order valence-corrected chi connectivity index (χ3v) is 3.96. The van der Waals surface area contributed by atoms with Crippen molar-refractivity contribution in [3.05, 3.63) is 52.3 Å². The van der Waals surface area contributed by atoms with Gasteiger partial charge in [0.1, 0.15) is 5.82 Å². The molecule has 2 aromatic rings. The van der Waals surface area contributed by atoms with Crippen molar-refractivity contribution < 1.29 is 13.9 Å². The maximum Gasteiger partial charge on any atom is 0.195 e. The first-order valence-corrected chi connectivity index (χ1v) is 8.00. The number of aliphatic imine (C=N–C) groups is 1. The van der Waals surface area contributed by atoms with Gasteiger partial charge in [-0.1, -0.05) is 6.07 Å². The summed E-state index contributed by atoms with van der Waals surface area (Å²) in [4.78, 5) is 4.16. The number of benzene rings is 2. The van der Waals surface area contributed by atoms with Crippen LogP contribution in [0.2, 0.25) is 0 Å². The lowest BCUT2D eigenvalue weighted by molar-refractivity contribution is 0.355. The zero-order valence-corrected chi connectivity index (χ0v) is 15.3. The maximum absolute atomic E-state index is 13.5. The first-order valence-electron chi connectivity index (χ1n) is 7.21. The summed E-state index contributed by atoms with van der Waals surface area (Å²) in [5.41, 5.74) is 1.61. The Hall–Kier alpha value is -2.28. The van der Waals surface area contributed by atoms with Crippen LogP contribution < -0.4 is 20.1 Å². The van der Waals surface area contributed by atoms with Crippen LogP contribution in [-0.4, -0.2) is 27.2 Å². The Balaban J connectivity index is 2.03. The fourth-order valence-electron chi connectivity index (χ4n) is 2.07.